The Balaban J connectivity index is 1.64. The zero-order chi connectivity index (χ0) is 17.7. The Kier molecular flexibility index (Phi) is 6.45. The van der Waals surface area contributed by atoms with E-state index in [0.29, 0.717) is 5.91 Å². The van der Waals surface area contributed by atoms with E-state index in [9.17, 15) is 4.79 Å². The number of hydrogen-bond acceptors (Lipinski definition) is 3. The Hall–Kier alpha value is -1.00. The summed E-state index contributed by atoms with van der Waals surface area (Å²) in [6, 6.07) is 8.67. The molecule has 1 saturated heterocycles. The van der Waals surface area contributed by atoms with Gasteiger partial charge in [-0.25, -0.2) is 0 Å². The SMILES string of the molecule is CNCCC1CCN(C(=O)C2(Sc3ccc(C)cc3)CCCC2)CC1. The number of nitrogens with one attached hydrogen (secondary N) is 1. The van der Waals surface area contributed by atoms with E-state index < -0.39 is 0 Å². The summed E-state index contributed by atoms with van der Waals surface area (Å²) in [5.41, 5.74) is 1.28. The van der Waals surface area contributed by atoms with Gasteiger partial charge in [-0.1, -0.05) is 30.5 Å². The molecule has 1 heterocycles. The molecule has 1 aromatic carbocycles. The van der Waals surface area contributed by atoms with E-state index in [1.165, 1.54) is 42.6 Å². The number of piperidine rings is 1. The molecule has 1 N–H and O–H groups in total. The molecular weight excluding hydrogens is 328 g/mol. The van der Waals surface area contributed by atoms with Gasteiger partial charge < -0.3 is 10.2 Å². The molecule has 1 amide bonds. The van der Waals surface area contributed by atoms with E-state index in [4.69, 9.17) is 0 Å². The lowest BCUT2D eigenvalue weighted by atomic mass is 9.92. The summed E-state index contributed by atoms with van der Waals surface area (Å²) in [5.74, 6) is 1.18. The third-order valence-corrected chi connectivity index (χ3v) is 7.32. The molecule has 0 atom stereocenters. The third kappa shape index (κ3) is 4.59. The highest BCUT2D eigenvalue weighted by Gasteiger charge is 2.45. The topological polar surface area (TPSA) is 32.3 Å². The zero-order valence-electron chi connectivity index (χ0n) is 15.7. The Morgan fingerprint density at radius 3 is 2.44 bits per heavy atom. The van der Waals surface area contributed by atoms with Gasteiger partial charge in [0, 0.05) is 18.0 Å². The Bertz CT molecular complexity index is 558. The first-order chi connectivity index (χ1) is 12.1. The van der Waals surface area contributed by atoms with Crippen LogP contribution in [0.3, 0.4) is 0 Å². The van der Waals surface area contributed by atoms with E-state index in [0.717, 1.165) is 38.4 Å². The van der Waals surface area contributed by atoms with Crippen molar-refractivity contribution in [3.8, 4) is 0 Å². The van der Waals surface area contributed by atoms with E-state index in [2.05, 4.69) is 41.4 Å². The van der Waals surface area contributed by atoms with Crippen LogP contribution in [0.5, 0.6) is 0 Å². The van der Waals surface area contributed by atoms with Crippen molar-refractivity contribution in [2.24, 2.45) is 5.92 Å². The van der Waals surface area contributed by atoms with Gasteiger partial charge in [-0.05, 0) is 70.7 Å². The standard InChI is InChI=1S/C21H32N2OS/c1-17-5-7-19(8-6-17)25-21(12-3-4-13-21)20(24)23-15-10-18(11-16-23)9-14-22-2/h5-8,18,22H,3-4,9-16H2,1-2H3. The minimum absolute atomic E-state index is 0.215. The summed E-state index contributed by atoms with van der Waals surface area (Å²) in [4.78, 5) is 16.8. The predicted octanol–water partition coefficient (Wildman–Crippen LogP) is 4.25. The second-order valence-corrected chi connectivity index (χ2v) is 9.20. The lowest BCUT2D eigenvalue weighted by Gasteiger charge is -2.38. The molecule has 0 radical (unpaired) electrons. The number of carbonyl (C=O) groups excluding carboxylic acids is 1. The maximum absolute atomic E-state index is 13.4. The summed E-state index contributed by atoms with van der Waals surface area (Å²) in [5, 5.41) is 3.25. The largest absolute Gasteiger partial charge is 0.341 e. The van der Waals surface area contributed by atoms with Crippen molar-refractivity contribution in [1.29, 1.82) is 0 Å². The highest BCUT2D eigenvalue weighted by molar-refractivity contribution is 8.01. The average Bonchev–Trinajstić information content (AvgIpc) is 3.11. The van der Waals surface area contributed by atoms with Crippen LogP contribution in [0, 0.1) is 12.8 Å². The van der Waals surface area contributed by atoms with Crippen LogP contribution in [0.25, 0.3) is 0 Å². The molecule has 0 aromatic heterocycles. The van der Waals surface area contributed by atoms with Gasteiger partial charge in [-0.3, -0.25) is 4.79 Å². The first kappa shape index (κ1) is 18.8. The van der Waals surface area contributed by atoms with Gasteiger partial charge in [0.05, 0.1) is 4.75 Å². The van der Waals surface area contributed by atoms with Gasteiger partial charge in [-0.2, -0.15) is 0 Å². The Labute approximate surface area is 156 Å². The maximum atomic E-state index is 13.4. The van der Waals surface area contributed by atoms with Crippen molar-refractivity contribution in [3.05, 3.63) is 29.8 Å². The normalized spacial score (nSPS) is 20.8. The molecule has 1 saturated carbocycles. The van der Waals surface area contributed by atoms with Gasteiger partial charge in [0.1, 0.15) is 0 Å². The monoisotopic (exact) mass is 360 g/mol. The van der Waals surface area contributed by atoms with E-state index in [1.54, 1.807) is 0 Å². The lowest BCUT2D eigenvalue weighted by Crippen LogP contribution is -2.48. The minimum Gasteiger partial charge on any atom is -0.341 e. The summed E-state index contributed by atoms with van der Waals surface area (Å²) in [6.07, 6.45) is 8.00. The highest BCUT2D eigenvalue weighted by atomic mass is 32.2. The number of benzene rings is 1. The maximum Gasteiger partial charge on any atom is 0.239 e. The number of hydrogen-bond donors (Lipinski definition) is 1. The first-order valence-corrected chi connectivity index (χ1v) is 10.6. The third-order valence-electron chi connectivity index (χ3n) is 5.84. The Morgan fingerprint density at radius 2 is 1.84 bits per heavy atom. The smallest absolute Gasteiger partial charge is 0.239 e. The minimum atomic E-state index is -0.215. The molecule has 2 fully saturated rings. The summed E-state index contributed by atoms with van der Waals surface area (Å²) < 4.78 is -0.215. The molecule has 3 rings (SSSR count). The highest BCUT2D eigenvalue weighted by Crippen LogP contribution is 2.47. The van der Waals surface area contributed by atoms with Crippen molar-refractivity contribution in [2.75, 3.05) is 26.7 Å². The van der Waals surface area contributed by atoms with Crippen molar-refractivity contribution in [1.82, 2.24) is 10.2 Å². The molecule has 0 unspecified atom stereocenters. The van der Waals surface area contributed by atoms with E-state index >= 15 is 0 Å². The average molecular weight is 361 g/mol. The number of likely N-dealkylation sites (tertiary alicyclic amines) is 1. The second kappa shape index (κ2) is 8.59. The fraction of sp³-hybridized carbons (Fsp3) is 0.667. The fourth-order valence-electron chi connectivity index (χ4n) is 4.20. The number of amides is 1. The zero-order valence-corrected chi connectivity index (χ0v) is 16.5. The van der Waals surface area contributed by atoms with Crippen molar-refractivity contribution in [2.45, 2.75) is 61.5 Å². The van der Waals surface area contributed by atoms with Gasteiger partial charge in [0.2, 0.25) is 5.91 Å². The van der Waals surface area contributed by atoms with Crippen molar-refractivity contribution in [3.63, 3.8) is 0 Å². The molecule has 25 heavy (non-hydrogen) atoms. The van der Waals surface area contributed by atoms with Crippen LogP contribution in [0.15, 0.2) is 29.2 Å². The van der Waals surface area contributed by atoms with Gasteiger partial charge in [0.15, 0.2) is 0 Å². The summed E-state index contributed by atoms with van der Waals surface area (Å²) >= 11 is 1.82. The van der Waals surface area contributed by atoms with Gasteiger partial charge in [-0.15, -0.1) is 11.8 Å². The Morgan fingerprint density at radius 1 is 1.20 bits per heavy atom. The van der Waals surface area contributed by atoms with Crippen molar-refractivity contribution >= 4 is 17.7 Å². The molecule has 1 aliphatic heterocycles. The summed E-state index contributed by atoms with van der Waals surface area (Å²) in [6.45, 7) is 5.10. The molecule has 3 nitrogen and oxygen atoms in total. The molecular formula is C21H32N2OS. The number of aryl methyl sites for hydroxylation is 1. The molecule has 138 valence electrons. The van der Waals surface area contributed by atoms with Gasteiger partial charge >= 0.3 is 0 Å². The van der Waals surface area contributed by atoms with Crippen LogP contribution < -0.4 is 5.32 Å². The number of thioether (sulfide) groups is 1. The number of nitrogens with zero attached hydrogens (tertiary/aromatic N) is 1. The van der Waals surface area contributed by atoms with Crippen LogP contribution in [0.2, 0.25) is 0 Å². The van der Waals surface area contributed by atoms with Crippen LogP contribution in [-0.2, 0) is 4.79 Å². The number of carbonyl (C=O) groups is 1. The van der Waals surface area contributed by atoms with E-state index in [1.807, 2.05) is 18.8 Å². The second-order valence-electron chi connectivity index (χ2n) is 7.74. The van der Waals surface area contributed by atoms with Crippen LogP contribution in [0.1, 0.15) is 50.5 Å². The number of rotatable bonds is 6. The van der Waals surface area contributed by atoms with Gasteiger partial charge in [0.25, 0.3) is 0 Å². The van der Waals surface area contributed by atoms with Crippen LogP contribution >= 0.6 is 11.8 Å². The first-order valence-electron chi connectivity index (χ1n) is 9.83. The van der Waals surface area contributed by atoms with Crippen LogP contribution in [-0.4, -0.2) is 42.2 Å². The quantitative estimate of drug-likeness (QED) is 0.823. The molecule has 4 heteroatoms. The predicted molar refractivity (Wildman–Crippen MR) is 106 cm³/mol. The lowest BCUT2D eigenvalue weighted by molar-refractivity contribution is -0.135. The molecule has 1 aromatic rings. The molecule has 0 bridgehead atoms. The van der Waals surface area contributed by atoms with Crippen LogP contribution in [0.4, 0.5) is 0 Å². The molecule has 0 spiro atoms. The fourth-order valence-corrected chi connectivity index (χ4v) is 5.63. The molecule has 2 aliphatic rings. The van der Waals surface area contributed by atoms with Crippen molar-refractivity contribution < 1.29 is 4.79 Å². The molecule has 1 aliphatic carbocycles. The summed E-state index contributed by atoms with van der Waals surface area (Å²) in [7, 11) is 2.02. The van der Waals surface area contributed by atoms with E-state index in [-0.39, 0.29) is 4.75 Å².